The van der Waals surface area contributed by atoms with Crippen LogP contribution >= 0.6 is 15.9 Å². The number of likely N-dealkylation sites (N-methyl/N-ethyl adjacent to an activating group) is 1. The number of aryl methyl sites for hydroxylation is 1. The lowest BCUT2D eigenvalue weighted by Gasteiger charge is -2.30. The Morgan fingerprint density at radius 1 is 1.13 bits per heavy atom. The highest BCUT2D eigenvalue weighted by molar-refractivity contribution is 9.10. The molecule has 6 nitrogen and oxygen atoms in total. The lowest BCUT2D eigenvalue weighted by Crippen LogP contribution is -2.49. The van der Waals surface area contributed by atoms with E-state index in [0.717, 1.165) is 16.5 Å². The van der Waals surface area contributed by atoms with Gasteiger partial charge in [0, 0.05) is 13.6 Å². The van der Waals surface area contributed by atoms with Crippen LogP contribution in [0.3, 0.4) is 0 Å². The topological polar surface area (TPSA) is 67.9 Å². The molecule has 0 spiro atoms. The third-order valence-electron chi connectivity index (χ3n) is 4.88. The zero-order chi connectivity index (χ0) is 22.1. The fourth-order valence-electron chi connectivity index (χ4n) is 3.16. The number of amides is 2. The SMILES string of the molecule is CCc1ccc(OCC(=O)N(Cc2cccc(OC)c2)C(CC)C(=O)NC)c(Br)c1. The maximum atomic E-state index is 13.1. The van der Waals surface area contributed by atoms with Crippen LogP contribution in [0.4, 0.5) is 0 Å². The molecular formula is C23H29BrN2O4. The van der Waals surface area contributed by atoms with E-state index in [0.29, 0.717) is 17.9 Å². The summed E-state index contributed by atoms with van der Waals surface area (Å²) in [5, 5.41) is 2.65. The number of hydrogen-bond acceptors (Lipinski definition) is 4. The summed E-state index contributed by atoms with van der Waals surface area (Å²) < 4.78 is 11.9. The van der Waals surface area contributed by atoms with E-state index >= 15 is 0 Å². The van der Waals surface area contributed by atoms with E-state index in [9.17, 15) is 9.59 Å². The normalized spacial score (nSPS) is 11.5. The van der Waals surface area contributed by atoms with Crippen molar-refractivity contribution in [1.29, 1.82) is 0 Å². The highest BCUT2D eigenvalue weighted by atomic mass is 79.9. The van der Waals surface area contributed by atoms with Gasteiger partial charge in [-0.3, -0.25) is 9.59 Å². The number of benzene rings is 2. The van der Waals surface area contributed by atoms with Crippen molar-refractivity contribution in [3.8, 4) is 11.5 Å². The standard InChI is InChI=1S/C23H29BrN2O4/c1-5-16-10-11-21(19(24)13-16)30-15-22(27)26(20(6-2)23(28)25-3)14-17-8-7-9-18(12-17)29-4/h7-13,20H,5-6,14-15H2,1-4H3,(H,25,28). The second-order valence-corrected chi connectivity index (χ2v) is 7.67. The van der Waals surface area contributed by atoms with Gasteiger partial charge < -0.3 is 19.7 Å². The largest absolute Gasteiger partial charge is 0.497 e. The number of rotatable bonds is 10. The smallest absolute Gasteiger partial charge is 0.261 e. The Hall–Kier alpha value is -2.54. The Morgan fingerprint density at radius 2 is 1.90 bits per heavy atom. The average Bonchev–Trinajstić information content (AvgIpc) is 2.77. The van der Waals surface area contributed by atoms with Gasteiger partial charge in [-0.1, -0.05) is 32.0 Å². The number of carbonyl (C=O) groups excluding carboxylic acids is 2. The maximum Gasteiger partial charge on any atom is 0.261 e. The lowest BCUT2D eigenvalue weighted by molar-refractivity contribution is -0.142. The van der Waals surface area contributed by atoms with Crippen molar-refractivity contribution in [2.24, 2.45) is 0 Å². The summed E-state index contributed by atoms with van der Waals surface area (Å²) in [7, 11) is 3.17. The molecule has 2 aromatic carbocycles. The molecule has 0 saturated heterocycles. The van der Waals surface area contributed by atoms with Crippen molar-refractivity contribution in [2.45, 2.75) is 39.3 Å². The summed E-state index contributed by atoms with van der Waals surface area (Å²) in [6.07, 6.45) is 1.40. The van der Waals surface area contributed by atoms with Gasteiger partial charge in [0.15, 0.2) is 6.61 Å². The van der Waals surface area contributed by atoms with E-state index in [1.54, 1.807) is 19.1 Å². The molecule has 7 heteroatoms. The fraction of sp³-hybridized carbons (Fsp3) is 0.391. The molecule has 0 aliphatic rings. The number of hydrogen-bond donors (Lipinski definition) is 1. The molecule has 2 aromatic rings. The molecule has 30 heavy (non-hydrogen) atoms. The van der Waals surface area contributed by atoms with Gasteiger partial charge in [0.25, 0.3) is 5.91 Å². The van der Waals surface area contributed by atoms with E-state index in [2.05, 4.69) is 28.2 Å². The van der Waals surface area contributed by atoms with Gasteiger partial charge in [-0.2, -0.15) is 0 Å². The van der Waals surface area contributed by atoms with Gasteiger partial charge in [0.1, 0.15) is 17.5 Å². The van der Waals surface area contributed by atoms with Gasteiger partial charge in [-0.05, 0) is 64.2 Å². The quantitative estimate of drug-likeness (QED) is 0.563. The summed E-state index contributed by atoms with van der Waals surface area (Å²) in [5.74, 6) is 0.820. The Balaban J connectivity index is 2.21. The van der Waals surface area contributed by atoms with Crippen LogP contribution in [0.5, 0.6) is 11.5 Å². The number of nitrogens with zero attached hydrogens (tertiary/aromatic N) is 1. The van der Waals surface area contributed by atoms with Gasteiger partial charge in [0.05, 0.1) is 11.6 Å². The van der Waals surface area contributed by atoms with Crippen molar-refractivity contribution in [3.63, 3.8) is 0 Å². The monoisotopic (exact) mass is 476 g/mol. The van der Waals surface area contributed by atoms with Gasteiger partial charge in [0.2, 0.25) is 5.91 Å². The molecule has 0 aromatic heterocycles. The van der Waals surface area contributed by atoms with Crippen molar-refractivity contribution in [2.75, 3.05) is 20.8 Å². The minimum atomic E-state index is -0.594. The predicted molar refractivity (Wildman–Crippen MR) is 121 cm³/mol. The first-order chi connectivity index (χ1) is 14.4. The third-order valence-corrected chi connectivity index (χ3v) is 5.49. The lowest BCUT2D eigenvalue weighted by atomic mass is 10.1. The first-order valence-corrected chi connectivity index (χ1v) is 10.8. The van der Waals surface area contributed by atoms with Crippen LogP contribution in [0.25, 0.3) is 0 Å². The molecule has 162 valence electrons. The first-order valence-electron chi connectivity index (χ1n) is 9.98. The summed E-state index contributed by atoms with van der Waals surface area (Å²) in [6.45, 7) is 4.07. The predicted octanol–water partition coefficient (Wildman–Crippen LogP) is 3.95. The number of carbonyl (C=O) groups is 2. The number of methoxy groups -OCH3 is 1. The molecule has 0 heterocycles. The summed E-state index contributed by atoms with van der Waals surface area (Å²) >= 11 is 3.49. The molecule has 2 rings (SSSR count). The minimum absolute atomic E-state index is 0.165. The molecule has 0 bridgehead atoms. The highest BCUT2D eigenvalue weighted by Gasteiger charge is 2.28. The van der Waals surface area contributed by atoms with Crippen LogP contribution in [0.2, 0.25) is 0 Å². The van der Waals surface area contributed by atoms with Crippen molar-refractivity contribution < 1.29 is 19.1 Å². The summed E-state index contributed by atoms with van der Waals surface area (Å²) in [4.78, 5) is 27.1. The third kappa shape index (κ3) is 6.23. The molecular weight excluding hydrogens is 448 g/mol. The van der Waals surface area contributed by atoms with Crippen LogP contribution in [-0.4, -0.2) is 43.5 Å². The second-order valence-electron chi connectivity index (χ2n) is 6.82. The molecule has 0 saturated carbocycles. The Labute approximate surface area is 186 Å². The second kappa shape index (κ2) is 11.6. The van der Waals surface area contributed by atoms with E-state index < -0.39 is 6.04 Å². The molecule has 0 aliphatic heterocycles. The van der Waals surface area contributed by atoms with Crippen molar-refractivity contribution >= 4 is 27.7 Å². The maximum absolute atomic E-state index is 13.1. The van der Waals surface area contributed by atoms with E-state index in [-0.39, 0.29) is 25.0 Å². The van der Waals surface area contributed by atoms with Crippen LogP contribution in [0, 0.1) is 0 Å². The molecule has 1 N–H and O–H groups in total. The zero-order valence-corrected chi connectivity index (χ0v) is 19.5. The van der Waals surface area contributed by atoms with Crippen LogP contribution in [0.1, 0.15) is 31.4 Å². The molecule has 0 fully saturated rings. The molecule has 2 amide bonds. The zero-order valence-electron chi connectivity index (χ0n) is 17.9. The first kappa shape index (κ1) is 23.7. The van der Waals surface area contributed by atoms with Gasteiger partial charge in [-0.15, -0.1) is 0 Å². The van der Waals surface area contributed by atoms with E-state index in [1.165, 1.54) is 5.56 Å². The summed E-state index contributed by atoms with van der Waals surface area (Å²) in [6, 6.07) is 12.7. The Bertz CT molecular complexity index is 872. The number of ether oxygens (including phenoxy) is 2. The number of nitrogens with one attached hydrogen (secondary N) is 1. The Morgan fingerprint density at radius 3 is 2.50 bits per heavy atom. The minimum Gasteiger partial charge on any atom is -0.497 e. The summed E-state index contributed by atoms with van der Waals surface area (Å²) in [5.41, 5.74) is 2.05. The molecule has 0 aliphatic carbocycles. The Kier molecular flexibility index (Phi) is 9.17. The van der Waals surface area contributed by atoms with Crippen molar-refractivity contribution in [1.82, 2.24) is 10.2 Å². The van der Waals surface area contributed by atoms with Gasteiger partial charge >= 0.3 is 0 Å². The van der Waals surface area contributed by atoms with E-state index in [1.807, 2.05) is 49.4 Å². The fourth-order valence-corrected chi connectivity index (χ4v) is 3.70. The van der Waals surface area contributed by atoms with Crippen molar-refractivity contribution in [3.05, 3.63) is 58.1 Å². The highest BCUT2D eigenvalue weighted by Crippen LogP contribution is 2.26. The average molecular weight is 477 g/mol. The molecule has 0 radical (unpaired) electrons. The van der Waals surface area contributed by atoms with Crippen LogP contribution in [-0.2, 0) is 22.6 Å². The van der Waals surface area contributed by atoms with Gasteiger partial charge in [-0.25, -0.2) is 0 Å². The number of halogens is 1. The molecule has 1 unspecified atom stereocenters. The van der Waals surface area contributed by atoms with E-state index in [4.69, 9.17) is 9.47 Å². The van der Waals surface area contributed by atoms with Crippen LogP contribution in [0.15, 0.2) is 46.9 Å². The molecule has 1 atom stereocenters. The van der Waals surface area contributed by atoms with Crippen LogP contribution < -0.4 is 14.8 Å².